The molecule has 2 N–H and O–H groups in total. The average Bonchev–Trinajstić information content (AvgIpc) is 3.70. The molecule has 9 heteroatoms. The standard InChI is InChI=1S/C31H35ClN2O5S/c32-23-8-10-25-19(13-23)4-2-12-31(25)17-34-16-22-6-9-24(22)27(35)5-1-3-20-15-29(20)40(37,38)33-30(36)21-7-11-28(39-18-31)26(34)14-21/h1,5,7-8,10-11,13-14,20,22,24,27,29,35H,2-4,6,9,12,15-18H2,(H,33,36)/b5-1+/t20-,22+,24-,27+,29-,31+/m1/s1. The maximum atomic E-state index is 13.2. The zero-order valence-electron chi connectivity index (χ0n) is 22.4. The normalized spacial score (nSPS) is 35.1. The molecule has 40 heavy (non-hydrogen) atoms. The first-order valence-corrected chi connectivity index (χ1v) is 16.4. The predicted octanol–water partition coefficient (Wildman–Crippen LogP) is 4.61. The molecule has 2 aromatic rings. The fraction of sp³-hybridized carbons (Fsp3) is 0.516. The Kier molecular flexibility index (Phi) is 6.44. The van der Waals surface area contributed by atoms with E-state index >= 15 is 0 Å². The molecular weight excluding hydrogens is 548 g/mol. The van der Waals surface area contributed by atoms with Crippen molar-refractivity contribution < 1.29 is 23.1 Å². The third kappa shape index (κ3) is 4.62. The van der Waals surface area contributed by atoms with Gasteiger partial charge in [-0.15, -0.1) is 0 Å². The van der Waals surface area contributed by atoms with Gasteiger partial charge in [-0.1, -0.05) is 29.8 Å². The zero-order valence-corrected chi connectivity index (χ0v) is 24.0. The van der Waals surface area contributed by atoms with Crippen molar-refractivity contribution in [3.8, 4) is 5.75 Å². The molecule has 0 saturated heterocycles. The summed E-state index contributed by atoms with van der Waals surface area (Å²) in [5.74, 6) is 0.506. The number of aliphatic hydroxyl groups excluding tert-OH is 1. The summed E-state index contributed by atoms with van der Waals surface area (Å²) in [6, 6.07) is 11.4. The predicted molar refractivity (Wildman–Crippen MR) is 154 cm³/mol. The minimum absolute atomic E-state index is 0.0285. The van der Waals surface area contributed by atoms with Crippen molar-refractivity contribution in [2.75, 3.05) is 24.6 Å². The summed E-state index contributed by atoms with van der Waals surface area (Å²) in [5, 5.41) is 11.2. The van der Waals surface area contributed by atoms with Crippen LogP contribution in [-0.2, 0) is 21.9 Å². The lowest BCUT2D eigenvalue weighted by atomic mass is 9.68. The SMILES string of the molecule is O=C1NS(=O)(=O)[C@@H]2C[C@H]2C/C=C/[C@H](O)[C@@H]2CC[C@H]2CN2C[C@@]3(CCCc4cc(Cl)ccc43)COc3ccc1cc32. The van der Waals surface area contributed by atoms with Crippen LogP contribution in [0, 0.1) is 17.8 Å². The second-order valence-electron chi connectivity index (χ2n) is 12.5. The number of hydrogen-bond acceptors (Lipinski definition) is 6. The summed E-state index contributed by atoms with van der Waals surface area (Å²) in [7, 11) is -3.79. The maximum absolute atomic E-state index is 13.2. The molecule has 6 atom stereocenters. The highest BCUT2D eigenvalue weighted by Crippen LogP contribution is 2.47. The summed E-state index contributed by atoms with van der Waals surface area (Å²) in [5.41, 5.74) is 3.38. The lowest BCUT2D eigenvalue weighted by Gasteiger charge is -2.45. The van der Waals surface area contributed by atoms with Gasteiger partial charge in [0.2, 0.25) is 10.0 Å². The van der Waals surface area contributed by atoms with E-state index in [1.54, 1.807) is 18.2 Å². The Labute approximate surface area is 240 Å². The van der Waals surface area contributed by atoms with Crippen molar-refractivity contribution in [1.29, 1.82) is 0 Å². The molecule has 0 unspecified atom stereocenters. The van der Waals surface area contributed by atoms with Crippen LogP contribution in [0.2, 0.25) is 5.02 Å². The van der Waals surface area contributed by atoms with Gasteiger partial charge in [-0.05, 0) is 104 Å². The molecule has 7 rings (SSSR count). The monoisotopic (exact) mass is 582 g/mol. The molecule has 2 fully saturated rings. The number of benzene rings is 2. The van der Waals surface area contributed by atoms with Gasteiger partial charge in [0.1, 0.15) is 5.75 Å². The fourth-order valence-electron chi connectivity index (χ4n) is 7.46. The van der Waals surface area contributed by atoms with Gasteiger partial charge in [0, 0.05) is 29.1 Å². The number of fused-ring (bicyclic) bond motifs is 5. The van der Waals surface area contributed by atoms with Crippen LogP contribution in [0.3, 0.4) is 0 Å². The van der Waals surface area contributed by atoms with E-state index in [1.807, 2.05) is 18.2 Å². The van der Waals surface area contributed by atoms with Gasteiger partial charge in [0.05, 0.1) is 23.6 Å². The van der Waals surface area contributed by atoms with Crippen LogP contribution in [0.25, 0.3) is 0 Å². The number of aryl methyl sites for hydroxylation is 1. The van der Waals surface area contributed by atoms with Crippen LogP contribution >= 0.6 is 11.6 Å². The highest BCUT2D eigenvalue weighted by atomic mass is 35.5. The van der Waals surface area contributed by atoms with E-state index in [0.29, 0.717) is 43.2 Å². The van der Waals surface area contributed by atoms with Gasteiger partial charge in [-0.25, -0.2) is 13.1 Å². The van der Waals surface area contributed by atoms with Crippen LogP contribution in [0.4, 0.5) is 5.69 Å². The number of anilines is 1. The number of halogens is 1. The average molecular weight is 583 g/mol. The lowest BCUT2D eigenvalue weighted by Crippen LogP contribution is -2.49. The van der Waals surface area contributed by atoms with E-state index < -0.39 is 27.3 Å². The van der Waals surface area contributed by atoms with Crippen molar-refractivity contribution >= 4 is 33.2 Å². The molecule has 212 valence electrons. The molecule has 1 amide bonds. The zero-order chi connectivity index (χ0) is 27.6. The first-order chi connectivity index (χ1) is 19.2. The van der Waals surface area contributed by atoms with Crippen LogP contribution in [0.5, 0.6) is 5.75 Å². The van der Waals surface area contributed by atoms with Crippen LogP contribution in [0.15, 0.2) is 48.6 Å². The smallest absolute Gasteiger partial charge is 0.264 e. The van der Waals surface area contributed by atoms with E-state index in [2.05, 4.69) is 21.8 Å². The highest BCUT2D eigenvalue weighted by molar-refractivity contribution is 7.91. The quantitative estimate of drug-likeness (QED) is 0.441. The van der Waals surface area contributed by atoms with E-state index in [4.69, 9.17) is 16.3 Å². The largest absolute Gasteiger partial charge is 0.490 e. The summed E-state index contributed by atoms with van der Waals surface area (Å²) in [4.78, 5) is 15.5. The number of hydrogen-bond donors (Lipinski definition) is 2. The lowest BCUT2D eigenvalue weighted by molar-refractivity contribution is 0.0456. The van der Waals surface area contributed by atoms with Crippen LogP contribution in [0.1, 0.15) is 60.0 Å². The summed E-state index contributed by atoms with van der Waals surface area (Å²) < 4.78 is 34.7. The van der Waals surface area contributed by atoms with Crippen LogP contribution in [-0.4, -0.2) is 50.5 Å². The number of nitrogens with zero attached hydrogens (tertiary/aromatic N) is 1. The molecule has 2 saturated carbocycles. The second-order valence-corrected chi connectivity index (χ2v) is 14.8. The summed E-state index contributed by atoms with van der Waals surface area (Å²) in [6.45, 7) is 1.94. The molecule has 0 radical (unpaired) electrons. The van der Waals surface area contributed by atoms with E-state index in [1.165, 1.54) is 11.1 Å². The fourth-order valence-corrected chi connectivity index (χ4v) is 9.30. The molecule has 1 spiro atoms. The van der Waals surface area contributed by atoms with Crippen molar-refractivity contribution in [2.24, 2.45) is 17.8 Å². The number of nitrogens with one attached hydrogen (secondary N) is 1. The number of ether oxygens (including phenoxy) is 1. The highest BCUT2D eigenvalue weighted by Gasteiger charge is 2.48. The van der Waals surface area contributed by atoms with Crippen molar-refractivity contribution in [1.82, 2.24) is 4.72 Å². The van der Waals surface area contributed by atoms with Crippen molar-refractivity contribution in [3.63, 3.8) is 0 Å². The van der Waals surface area contributed by atoms with E-state index in [0.717, 1.165) is 49.4 Å². The Morgan fingerprint density at radius 3 is 2.83 bits per heavy atom. The first kappa shape index (κ1) is 26.4. The molecule has 7 nitrogen and oxygen atoms in total. The van der Waals surface area contributed by atoms with Gasteiger partial charge >= 0.3 is 0 Å². The first-order valence-electron chi connectivity index (χ1n) is 14.4. The molecule has 2 bridgehead atoms. The number of aliphatic hydroxyl groups is 1. The Balaban J connectivity index is 1.29. The topological polar surface area (TPSA) is 95.9 Å². The number of amides is 1. The molecule has 2 aromatic carbocycles. The van der Waals surface area contributed by atoms with Gasteiger partial charge in [0.15, 0.2) is 0 Å². The maximum Gasteiger partial charge on any atom is 0.264 e. The number of carbonyl (C=O) groups excluding carboxylic acids is 1. The Morgan fingerprint density at radius 2 is 2.00 bits per heavy atom. The molecule has 2 aliphatic heterocycles. The number of carbonyl (C=O) groups is 1. The molecule has 2 heterocycles. The van der Waals surface area contributed by atoms with Gasteiger partial charge in [-0.3, -0.25) is 4.79 Å². The third-order valence-electron chi connectivity index (χ3n) is 9.93. The Bertz CT molecular complexity index is 1490. The number of allylic oxidation sites excluding steroid dienone is 1. The van der Waals surface area contributed by atoms with Crippen molar-refractivity contribution in [2.45, 2.75) is 61.7 Å². The van der Waals surface area contributed by atoms with Crippen LogP contribution < -0.4 is 14.4 Å². The minimum atomic E-state index is -3.79. The molecule has 3 aliphatic carbocycles. The molecular formula is C31H35ClN2O5S. The number of sulfonamides is 1. The minimum Gasteiger partial charge on any atom is -0.490 e. The second kappa shape index (κ2) is 9.78. The number of rotatable bonds is 0. The van der Waals surface area contributed by atoms with Gasteiger partial charge in [0.25, 0.3) is 5.91 Å². The molecule has 5 aliphatic rings. The van der Waals surface area contributed by atoms with E-state index in [9.17, 15) is 18.3 Å². The molecule has 0 aromatic heterocycles. The van der Waals surface area contributed by atoms with E-state index in [-0.39, 0.29) is 17.3 Å². The van der Waals surface area contributed by atoms with Gasteiger partial charge < -0.3 is 14.7 Å². The Morgan fingerprint density at radius 1 is 1.12 bits per heavy atom. The summed E-state index contributed by atoms with van der Waals surface area (Å²) >= 11 is 6.37. The van der Waals surface area contributed by atoms with Gasteiger partial charge in [-0.2, -0.15) is 0 Å². The Hall–Kier alpha value is -2.55. The van der Waals surface area contributed by atoms with Crippen molar-refractivity contribution in [3.05, 3.63) is 70.3 Å². The third-order valence-corrected chi connectivity index (χ3v) is 12.0. The summed E-state index contributed by atoms with van der Waals surface area (Å²) in [6.07, 6.45) is 9.31.